The molecule has 144 valence electrons. The van der Waals surface area contributed by atoms with Gasteiger partial charge >= 0.3 is 0 Å². The van der Waals surface area contributed by atoms with Crippen molar-refractivity contribution in [2.75, 3.05) is 0 Å². The first kappa shape index (κ1) is 17.1. The Morgan fingerprint density at radius 1 is 0.900 bits per heavy atom. The lowest BCUT2D eigenvalue weighted by molar-refractivity contribution is 0.657. The summed E-state index contributed by atoms with van der Waals surface area (Å²) < 4.78 is 13.6. The van der Waals surface area contributed by atoms with Crippen molar-refractivity contribution in [1.82, 2.24) is 25.1 Å². The molecule has 6 aromatic rings. The monoisotopic (exact) mass is 411 g/mol. The molecular formula is C23H14FN5S. The molecular weight excluding hydrogens is 397 g/mol. The molecule has 0 atom stereocenters. The van der Waals surface area contributed by atoms with E-state index in [-0.39, 0.29) is 5.13 Å². The maximum Gasteiger partial charge on any atom is 0.176 e. The molecule has 0 radical (unpaired) electrons. The SMILES string of the molecule is Fc1ccc(-c2cncc3[nH]c(-c4n[nH]c5ccc(-c6ccccn6)cc45)cc23)s1. The van der Waals surface area contributed by atoms with E-state index in [2.05, 4.69) is 31.2 Å². The number of hydrogen-bond acceptors (Lipinski definition) is 4. The predicted octanol–water partition coefficient (Wildman–Crippen LogP) is 6.04. The summed E-state index contributed by atoms with van der Waals surface area (Å²) in [5.41, 5.74) is 6.36. The van der Waals surface area contributed by atoms with Gasteiger partial charge in [0.2, 0.25) is 0 Å². The molecule has 5 heterocycles. The second kappa shape index (κ2) is 6.60. The van der Waals surface area contributed by atoms with Crippen molar-refractivity contribution in [3.05, 3.63) is 78.3 Å². The molecule has 5 aromatic heterocycles. The molecule has 0 saturated carbocycles. The highest BCUT2D eigenvalue weighted by atomic mass is 32.1. The average molecular weight is 411 g/mol. The van der Waals surface area contributed by atoms with Crippen LogP contribution < -0.4 is 0 Å². The minimum absolute atomic E-state index is 0.210. The van der Waals surface area contributed by atoms with E-state index in [4.69, 9.17) is 0 Å². The van der Waals surface area contributed by atoms with Gasteiger partial charge < -0.3 is 4.98 Å². The molecule has 0 fully saturated rings. The summed E-state index contributed by atoms with van der Waals surface area (Å²) in [4.78, 5) is 13.0. The van der Waals surface area contributed by atoms with E-state index in [1.54, 1.807) is 24.7 Å². The Bertz CT molecular complexity index is 1510. The number of nitrogens with zero attached hydrogens (tertiary/aromatic N) is 3. The molecule has 0 aliphatic carbocycles. The van der Waals surface area contributed by atoms with Crippen molar-refractivity contribution >= 4 is 33.1 Å². The van der Waals surface area contributed by atoms with Gasteiger partial charge in [-0.25, -0.2) is 0 Å². The molecule has 0 amide bonds. The molecule has 0 spiro atoms. The summed E-state index contributed by atoms with van der Waals surface area (Å²) >= 11 is 1.12. The van der Waals surface area contributed by atoms with Gasteiger partial charge in [0.05, 0.1) is 28.6 Å². The topological polar surface area (TPSA) is 70.2 Å². The maximum atomic E-state index is 13.6. The fourth-order valence-corrected chi connectivity index (χ4v) is 4.50. The van der Waals surface area contributed by atoms with Crippen LogP contribution in [-0.2, 0) is 0 Å². The van der Waals surface area contributed by atoms with Crippen molar-refractivity contribution in [2.24, 2.45) is 0 Å². The first-order chi connectivity index (χ1) is 14.8. The number of hydrogen-bond donors (Lipinski definition) is 2. The maximum absolute atomic E-state index is 13.6. The Kier molecular flexibility index (Phi) is 3.75. The zero-order valence-corrected chi connectivity index (χ0v) is 16.4. The van der Waals surface area contributed by atoms with E-state index in [1.807, 2.05) is 36.4 Å². The number of thiophene rings is 1. The van der Waals surface area contributed by atoms with Crippen LogP contribution in [0.25, 0.3) is 54.9 Å². The van der Waals surface area contributed by atoms with E-state index < -0.39 is 0 Å². The van der Waals surface area contributed by atoms with Crippen LogP contribution in [0.5, 0.6) is 0 Å². The van der Waals surface area contributed by atoms with Crippen LogP contribution in [0.4, 0.5) is 4.39 Å². The molecule has 0 bridgehead atoms. The number of H-pyrrole nitrogens is 2. The van der Waals surface area contributed by atoms with Crippen LogP contribution >= 0.6 is 11.3 Å². The van der Waals surface area contributed by atoms with E-state index in [0.29, 0.717) is 0 Å². The van der Waals surface area contributed by atoms with Gasteiger partial charge in [-0.1, -0.05) is 12.1 Å². The Morgan fingerprint density at radius 2 is 1.87 bits per heavy atom. The van der Waals surface area contributed by atoms with Crippen LogP contribution in [0.15, 0.2) is 73.2 Å². The predicted molar refractivity (Wildman–Crippen MR) is 118 cm³/mol. The zero-order valence-electron chi connectivity index (χ0n) is 15.6. The first-order valence-corrected chi connectivity index (χ1v) is 10.2. The summed E-state index contributed by atoms with van der Waals surface area (Å²) in [6.07, 6.45) is 5.34. The van der Waals surface area contributed by atoms with Crippen molar-refractivity contribution in [3.8, 4) is 33.1 Å². The first-order valence-electron chi connectivity index (χ1n) is 9.38. The molecule has 0 unspecified atom stereocenters. The Labute approximate surface area is 174 Å². The third-order valence-electron chi connectivity index (χ3n) is 5.16. The fourth-order valence-electron chi connectivity index (χ4n) is 3.75. The largest absolute Gasteiger partial charge is 0.352 e. The summed E-state index contributed by atoms with van der Waals surface area (Å²) in [6, 6.07) is 17.3. The lowest BCUT2D eigenvalue weighted by Gasteiger charge is -2.01. The van der Waals surface area contributed by atoms with Gasteiger partial charge in [0, 0.05) is 39.2 Å². The van der Waals surface area contributed by atoms with E-state index in [1.165, 1.54) is 6.07 Å². The average Bonchev–Trinajstić information content (AvgIpc) is 3.51. The summed E-state index contributed by atoms with van der Waals surface area (Å²) in [7, 11) is 0. The van der Waals surface area contributed by atoms with Crippen LogP contribution in [0.3, 0.4) is 0 Å². The van der Waals surface area contributed by atoms with Gasteiger partial charge in [0.25, 0.3) is 0 Å². The second-order valence-corrected chi connectivity index (χ2v) is 8.02. The number of benzene rings is 1. The van der Waals surface area contributed by atoms with Gasteiger partial charge in [0.1, 0.15) is 5.69 Å². The number of pyridine rings is 2. The minimum atomic E-state index is -0.210. The van der Waals surface area contributed by atoms with E-state index >= 15 is 0 Å². The standard InChI is InChI=1S/C23H14FN5S/c24-22-7-6-21(30-22)16-11-25-12-20-14(16)10-19(27-20)23-15-9-13(4-5-18(15)28-29-23)17-3-1-2-8-26-17/h1-12,27H,(H,28,29). The second-order valence-electron chi connectivity index (χ2n) is 6.98. The molecule has 0 saturated heterocycles. The fraction of sp³-hybridized carbons (Fsp3) is 0. The molecule has 2 N–H and O–H groups in total. The van der Waals surface area contributed by atoms with Gasteiger partial charge in [-0.05, 0) is 42.5 Å². The number of aromatic nitrogens is 5. The molecule has 5 nitrogen and oxygen atoms in total. The highest BCUT2D eigenvalue weighted by Gasteiger charge is 2.15. The third kappa shape index (κ3) is 2.71. The lowest BCUT2D eigenvalue weighted by atomic mass is 10.1. The normalized spacial score (nSPS) is 11.5. The van der Waals surface area contributed by atoms with Gasteiger partial charge in [-0.15, -0.1) is 11.3 Å². The number of fused-ring (bicyclic) bond motifs is 2. The summed E-state index contributed by atoms with van der Waals surface area (Å²) in [5, 5.41) is 9.43. The Hall–Kier alpha value is -3.84. The number of nitrogens with one attached hydrogen (secondary N) is 2. The number of halogens is 1. The smallest absolute Gasteiger partial charge is 0.176 e. The van der Waals surface area contributed by atoms with E-state index in [0.717, 1.165) is 66.2 Å². The van der Waals surface area contributed by atoms with Crippen LogP contribution in [0, 0.1) is 5.13 Å². The molecule has 6 rings (SSSR count). The van der Waals surface area contributed by atoms with Crippen LogP contribution in [-0.4, -0.2) is 25.1 Å². The summed E-state index contributed by atoms with van der Waals surface area (Å²) in [6.45, 7) is 0. The molecule has 0 aliphatic rings. The number of rotatable bonds is 3. The highest BCUT2D eigenvalue weighted by Crippen LogP contribution is 2.36. The molecule has 0 aliphatic heterocycles. The Morgan fingerprint density at radius 3 is 2.70 bits per heavy atom. The third-order valence-corrected chi connectivity index (χ3v) is 6.07. The molecule has 1 aromatic carbocycles. The van der Waals surface area contributed by atoms with Crippen molar-refractivity contribution < 1.29 is 4.39 Å². The lowest BCUT2D eigenvalue weighted by Crippen LogP contribution is -1.82. The quantitative estimate of drug-likeness (QED) is 0.373. The van der Waals surface area contributed by atoms with Crippen LogP contribution in [0.1, 0.15) is 0 Å². The zero-order chi connectivity index (χ0) is 20.1. The van der Waals surface area contributed by atoms with Gasteiger partial charge in [0.15, 0.2) is 5.13 Å². The number of aromatic amines is 2. The molecule has 30 heavy (non-hydrogen) atoms. The van der Waals surface area contributed by atoms with Crippen molar-refractivity contribution in [2.45, 2.75) is 0 Å². The highest BCUT2D eigenvalue weighted by molar-refractivity contribution is 7.14. The summed E-state index contributed by atoms with van der Waals surface area (Å²) in [5.74, 6) is 0. The van der Waals surface area contributed by atoms with Crippen LogP contribution in [0.2, 0.25) is 0 Å². The molecule has 7 heteroatoms. The van der Waals surface area contributed by atoms with E-state index in [9.17, 15) is 4.39 Å². The Balaban J connectivity index is 1.52. The van der Waals surface area contributed by atoms with Gasteiger partial charge in [-0.3, -0.25) is 15.1 Å². The van der Waals surface area contributed by atoms with Crippen molar-refractivity contribution in [1.29, 1.82) is 0 Å². The van der Waals surface area contributed by atoms with Crippen molar-refractivity contribution in [3.63, 3.8) is 0 Å². The van der Waals surface area contributed by atoms with Gasteiger partial charge in [-0.2, -0.15) is 9.49 Å². The minimum Gasteiger partial charge on any atom is -0.352 e.